The highest BCUT2D eigenvalue weighted by Gasteiger charge is 2.10. The number of carbonyl (C=O) groups excluding carboxylic acids is 1. The van der Waals surface area contributed by atoms with Crippen LogP contribution >= 0.6 is 0 Å². The predicted octanol–water partition coefficient (Wildman–Crippen LogP) is 2.73. The second kappa shape index (κ2) is 6.54. The van der Waals surface area contributed by atoms with E-state index in [2.05, 4.69) is 5.32 Å². The van der Waals surface area contributed by atoms with Gasteiger partial charge in [-0.15, -0.1) is 0 Å². The van der Waals surface area contributed by atoms with Gasteiger partial charge in [-0.25, -0.2) is 8.42 Å². The topological polar surface area (TPSA) is 63.2 Å². The van der Waals surface area contributed by atoms with Crippen molar-refractivity contribution in [3.63, 3.8) is 0 Å². The summed E-state index contributed by atoms with van der Waals surface area (Å²) in [6.07, 6.45) is 1.08. The number of sulfone groups is 1. The largest absolute Gasteiger partial charge is 0.325 e. The Morgan fingerprint density at radius 3 is 2.29 bits per heavy atom. The van der Waals surface area contributed by atoms with Gasteiger partial charge in [0.1, 0.15) is 9.84 Å². The van der Waals surface area contributed by atoms with E-state index in [4.69, 9.17) is 0 Å². The molecule has 0 bridgehead atoms. The molecule has 0 unspecified atom stereocenters. The van der Waals surface area contributed by atoms with Gasteiger partial charge in [0, 0.05) is 23.9 Å². The van der Waals surface area contributed by atoms with Crippen LogP contribution < -0.4 is 5.32 Å². The van der Waals surface area contributed by atoms with E-state index >= 15 is 0 Å². The van der Waals surface area contributed by atoms with Crippen molar-refractivity contribution in [2.75, 3.05) is 17.3 Å². The minimum absolute atomic E-state index is 0.0397. The van der Waals surface area contributed by atoms with Crippen LogP contribution in [0, 0.1) is 0 Å². The summed E-state index contributed by atoms with van der Waals surface area (Å²) in [5.41, 5.74) is 2.59. The van der Waals surface area contributed by atoms with E-state index in [-0.39, 0.29) is 18.1 Å². The van der Waals surface area contributed by atoms with Gasteiger partial charge in [-0.3, -0.25) is 4.79 Å². The van der Waals surface area contributed by atoms with Crippen molar-refractivity contribution in [2.24, 2.45) is 0 Å². The highest BCUT2D eigenvalue weighted by Crippen LogP contribution is 2.27. The molecule has 4 nitrogen and oxygen atoms in total. The maximum absolute atomic E-state index is 11.9. The van der Waals surface area contributed by atoms with Crippen LogP contribution in [0.25, 0.3) is 11.1 Å². The lowest BCUT2D eigenvalue weighted by Crippen LogP contribution is -2.16. The van der Waals surface area contributed by atoms with Crippen LogP contribution in [0.5, 0.6) is 0 Å². The Morgan fingerprint density at radius 1 is 1.00 bits per heavy atom. The van der Waals surface area contributed by atoms with Crippen LogP contribution in [-0.4, -0.2) is 26.3 Å². The molecule has 1 amide bonds. The van der Waals surface area contributed by atoms with Crippen LogP contribution in [0.2, 0.25) is 0 Å². The van der Waals surface area contributed by atoms with Gasteiger partial charge in [0.15, 0.2) is 0 Å². The third kappa shape index (κ3) is 4.72. The number of hydrogen-bond donors (Lipinski definition) is 1. The Labute approximate surface area is 124 Å². The first-order valence-electron chi connectivity index (χ1n) is 6.58. The Bertz CT molecular complexity index is 724. The van der Waals surface area contributed by atoms with Gasteiger partial charge in [-0.1, -0.05) is 48.5 Å². The Morgan fingerprint density at radius 2 is 1.62 bits per heavy atom. The lowest BCUT2D eigenvalue weighted by atomic mass is 10.0. The van der Waals surface area contributed by atoms with E-state index in [1.807, 2.05) is 48.5 Å². The zero-order valence-corrected chi connectivity index (χ0v) is 12.6. The number of benzene rings is 2. The minimum atomic E-state index is -3.13. The quantitative estimate of drug-likeness (QED) is 0.923. The third-order valence-corrected chi connectivity index (χ3v) is 3.93. The average Bonchev–Trinajstić information content (AvgIpc) is 2.46. The normalized spacial score (nSPS) is 11.1. The van der Waals surface area contributed by atoms with Crippen molar-refractivity contribution in [2.45, 2.75) is 6.42 Å². The molecule has 5 heteroatoms. The van der Waals surface area contributed by atoms with Crippen LogP contribution in [0.15, 0.2) is 54.6 Å². The fourth-order valence-corrected chi connectivity index (χ4v) is 2.51. The maximum Gasteiger partial charge on any atom is 0.225 e. The van der Waals surface area contributed by atoms with Crippen LogP contribution in [0.4, 0.5) is 5.69 Å². The van der Waals surface area contributed by atoms with Crippen molar-refractivity contribution >= 4 is 21.4 Å². The molecule has 0 aliphatic carbocycles. The van der Waals surface area contributed by atoms with Gasteiger partial charge in [0.25, 0.3) is 0 Å². The average molecular weight is 303 g/mol. The summed E-state index contributed by atoms with van der Waals surface area (Å²) >= 11 is 0. The van der Waals surface area contributed by atoms with E-state index < -0.39 is 9.84 Å². The van der Waals surface area contributed by atoms with Gasteiger partial charge in [-0.2, -0.15) is 0 Å². The summed E-state index contributed by atoms with van der Waals surface area (Å²) in [6, 6.07) is 17.2. The summed E-state index contributed by atoms with van der Waals surface area (Å²) in [6.45, 7) is 0. The fraction of sp³-hybridized carbons (Fsp3) is 0.188. The van der Waals surface area contributed by atoms with Crippen molar-refractivity contribution in [3.05, 3.63) is 54.6 Å². The fourth-order valence-electron chi connectivity index (χ4n) is 1.95. The monoisotopic (exact) mass is 303 g/mol. The predicted molar refractivity (Wildman–Crippen MR) is 84.8 cm³/mol. The molecule has 0 aromatic heterocycles. The molecular formula is C16H17NO3S. The zero-order chi connectivity index (χ0) is 15.3. The molecule has 0 aliphatic heterocycles. The van der Waals surface area contributed by atoms with Crippen LogP contribution in [0.1, 0.15) is 6.42 Å². The van der Waals surface area contributed by atoms with Gasteiger partial charge in [0.05, 0.1) is 5.75 Å². The van der Waals surface area contributed by atoms with E-state index in [0.717, 1.165) is 17.4 Å². The molecule has 110 valence electrons. The van der Waals surface area contributed by atoms with Crippen molar-refractivity contribution < 1.29 is 13.2 Å². The number of para-hydroxylation sites is 1. The number of anilines is 1. The molecule has 0 saturated heterocycles. The molecule has 2 aromatic carbocycles. The summed E-state index contributed by atoms with van der Waals surface area (Å²) in [7, 11) is -3.13. The van der Waals surface area contributed by atoms with Gasteiger partial charge >= 0.3 is 0 Å². The zero-order valence-electron chi connectivity index (χ0n) is 11.7. The Hall–Kier alpha value is -2.14. The molecule has 0 spiro atoms. The van der Waals surface area contributed by atoms with Gasteiger partial charge in [-0.05, 0) is 11.6 Å². The van der Waals surface area contributed by atoms with E-state index in [1.54, 1.807) is 6.07 Å². The van der Waals surface area contributed by atoms with E-state index in [0.29, 0.717) is 5.69 Å². The summed E-state index contributed by atoms with van der Waals surface area (Å²) < 4.78 is 22.2. The SMILES string of the molecule is CS(=O)(=O)CCC(=O)Nc1ccccc1-c1ccccc1. The maximum atomic E-state index is 11.9. The second-order valence-electron chi connectivity index (χ2n) is 4.84. The number of hydrogen-bond acceptors (Lipinski definition) is 3. The molecule has 1 N–H and O–H groups in total. The van der Waals surface area contributed by atoms with Crippen molar-refractivity contribution in [3.8, 4) is 11.1 Å². The van der Waals surface area contributed by atoms with E-state index in [1.165, 1.54) is 0 Å². The van der Waals surface area contributed by atoms with Crippen LogP contribution in [0.3, 0.4) is 0 Å². The first-order chi connectivity index (χ1) is 9.96. The summed E-state index contributed by atoms with van der Waals surface area (Å²) in [5.74, 6) is -0.449. The highest BCUT2D eigenvalue weighted by molar-refractivity contribution is 7.90. The van der Waals surface area contributed by atoms with Crippen molar-refractivity contribution in [1.29, 1.82) is 0 Å². The summed E-state index contributed by atoms with van der Waals surface area (Å²) in [4.78, 5) is 11.9. The molecule has 21 heavy (non-hydrogen) atoms. The smallest absolute Gasteiger partial charge is 0.225 e. The number of carbonyl (C=O) groups is 1. The van der Waals surface area contributed by atoms with Gasteiger partial charge in [0.2, 0.25) is 5.91 Å². The molecular weight excluding hydrogens is 286 g/mol. The summed E-state index contributed by atoms with van der Waals surface area (Å²) in [5, 5.41) is 2.78. The molecule has 0 fully saturated rings. The van der Waals surface area contributed by atoms with Gasteiger partial charge < -0.3 is 5.32 Å². The van der Waals surface area contributed by atoms with Crippen molar-refractivity contribution in [1.82, 2.24) is 0 Å². The van der Waals surface area contributed by atoms with Crippen LogP contribution in [-0.2, 0) is 14.6 Å². The lowest BCUT2D eigenvalue weighted by Gasteiger charge is -2.11. The number of nitrogens with one attached hydrogen (secondary N) is 1. The molecule has 0 radical (unpaired) electrons. The van der Waals surface area contributed by atoms with E-state index in [9.17, 15) is 13.2 Å². The first kappa shape index (κ1) is 15.3. The Kier molecular flexibility index (Phi) is 4.75. The molecule has 2 rings (SSSR count). The standard InChI is InChI=1S/C16H17NO3S/c1-21(19,20)12-11-16(18)17-15-10-6-5-9-14(15)13-7-3-2-4-8-13/h2-10H,11-12H2,1H3,(H,17,18). The molecule has 0 aliphatic rings. The molecule has 0 saturated carbocycles. The third-order valence-electron chi connectivity index (χ3n) is 2.99. The molecule has 0 heterocycles. The first-order valence-corrected chi connectivity index (χ1v) is 8.64. The Balaban J connectivity index is 2.16. The number of rotatable bonds is 5. The second-order valence-corrected chi connectivity index (χ2v) is 7.10. The number of amides is 1. The minimum Gasteiger partial charge on any atom is -0.325 e. The highest BCUT2D eigenvalue weighted by atomic mass is 32.2. The molecule has 2 aromatic rings. The molecule has 0 atom stereocenters. The lowest BCUT2D eigenvalue weighted by molar-refractivity contribution is -0.115.